The minimum absolute atomic E-state index is 0.0333. The van der Waals surface area contributed by atoms with Crippen molar-refractivity contribution in [3.8, 4) is 5.88 Å². The highest BCUT2D eigenvalue weighted by molar-refractivity contribution is 7.17. The molecule has 1 aliphatic heterocycles. The van der Waals surface area contributed by atoms with Crippen LogP contribution in [0.3, 0.4) is 0 Å². The van der Waals surface area contributed by atoms with Crippen LogP contribution in [0.1, 0.15) is 56.5 Å². The van der Waals surface area contributed by atoms with Crippen molar-refractivity contribution in [3.63, 3.8) is 0 Å². The van der Waals surface area contributed by atoms with Crippen LogP contribution in [0.2, 0.25) is 0 Å². The second-order valence-corrected chi connectivity index (χ2v) is 10.4. The van der Waals surface area contributed by atoms with E-state index in [1.807, 2.05) is 6.92 Å². The van der Waals surface area contributed by atoms with Crippen LogP contribution in [0, 0.1) is 5.41 Å². The molecule has 0 spiro atoms. The van der Waals surface area contributed by atoms with Crippen LogP contribution in [0.4, 0.5) is 18.0 Å². The lowest BCUT2D eigenvalue weighted by molar-refractivity contribution is -0.136. The molecule has 2 aromatic rings. The summed E-state index contributed by atoms with van der Waals surface area (Å²) in [6.45, 7) is 8.41. The number of aromatic nitrogens is 1. The first-order valence-electron chi connectivity index (χ1n) is 10.5. The Morgan fingerprint density at radius 2 is 1.88 bits per heavy atom. The third-order valence-corrected chi connectivity index (χ3v) is 6.47. The second-order valence-electron chi connectivity index (χ2n) is 9.48. The highest BCUT2D eigenvalue weighted by Gasteiger charge is 2.37. The van der Waals surface area contributed by atoms with Crippen LogP contribution < -0.4 is 10.1 Å². The summed E-state index contributed by atoms with van der Waals surface area (Å²) in [6, 6.07) is 0.881. The smallest absolute Gasteiger partial charge is 0.418 e. The highest BCUT2D eigenvalue weighted by atomic mass is 32.1. The number of nitrogens with zero attached hydrogens (tertiary/aromatic N) is 2. The van der Waals surface area contributed by atoms with Gasteiger partial charge < -0.3 is 19.7 Å². The van der Waals surface area contributed by atoms with Gasteiger partial charge in [-0.1, -0.05) is 6.92 Å². The Bertz CT molecular complexity index is 1040. The van der Waals surface area contributed by atoms with Crippen molar-refractivity contribution in [1.29, 1.82) is 0 Å². The molecule has 33 heavy (non-hydrogen) atoms. The van der Waals surface area contributed by atoms with Crippen molar-refractivity contribution in [3.05, 3.63) is 22.6 Å². The molecule has 0 unspecified atom stereocenters. The van der Waals surface area contributed by atoms with E-state index >= 15 is 0 Å². The van der Waals surface area contributed by atoms with Crippen LogP contribution in [-0.2, 0) is 10.9 Å². The van der Waals surface area contributed by atoms with Gasteiger partial charge in [0.15, 0.2) is 0 Å². The summed E-state index contributed by atoms with van der Waals surface area (Å²) in [4.78, 5) is 30.2. The number of hydrogen-bond donors (Lipinski definition) is 1. The SMILES string of the molecule is CNC(=O)c1csc2c(C(F)(F)F)cc(OCC3(C)CCN(C(=O)OC(C)(C)C)CC3)nc12. The molecule has 0 aliphatic carbocycles. The number of nitrogens with one attached hydrogen (secondary N) is 1. The predicted octanol–water partition coefficient (Wildman–Crippen LogP) is 5.09. The lowest BCUT2D eigenvalue weighted by Crippen LogP contribution is -2.46. The monoisotopic (exact) mass is 487 g/mol. The molecule has 2 amide bonds. The number of carbonyl (C=O) groups excluding carboxylic acids is 2. The molecule has 0 radical (unpaired) electrons. The van der Waals surface area contributed by atoms with Crippen molar-refractivity contribution in [2.75, 3.05) is 26.7 Å². The van der Waals surface area contributed by atoms with Crippen molar-refractivity contribution in [2.45, 2.75) is 52.3 Å². The number of fused-ring (bicyclic) bond motifs is 1. The zero-order valence-electron chi connectivity index (χ0n) is 19.3. The number of amides is 2. The maximum Gasteiger partial charge on any atom is 0.418 e. The van der Waals surface area contributed by atoms with Crippen LogP contribution >= 0.6 is 11.3 Å². The number of ether oxygens (including phenoxy) is 2. The summed E-state index contributed by atoms with van der Waals surface area (Å²) in [7, 11) is 1.40. The summed E-state index contributed by atoms with van der Waals surface area (Å²) in [6.07, 6.45) is -3.80. The largest absolute Gasteiger partial charge is 0.477 e. The van der Waals surface area contributed by atoms with E-state index in [1.165, 1.54) is 12.4 Å². The minimum Gasteiger partial charge on any atom is -0.477 e. The molecule has 0 saturated carbocycles. The number of halogens is 3. The van der Waals surface area contributed by atoms with Gasteiger partial charge in [-0.3, -0.25) is 4.79 Å². The molecule has 182 valence electrons. The first-order chi connectivity index (χ1) is 15.2. The van der Waals surface area contributed by atoms with Crippen LogP contribution in [-0.4, -0.2) is 54.2 Å². The molecule has 3 rings (SSSR count). The summed E-state index contributed by atoms with van der Waals surface area (Å²) in [5.41, 5.74) is -1.78. The standard InChI is InChI=1S/C22H28F3N3O4S/c1-20(2,3)32-19(30)28-8-6-21(4,7-9-28)12-31-15-10-14(22(23,24)25)17-16(27-15)13(11-33-17)18(29)26-5/h10-11H,6-9,12H2,1-5H3,(H,26,29). The quantitative estimate of drug-likeness (QED) is 0.650. The van der Waals surface area contributed by atoms with E-state index in [4.69, 9.17) is 9.47 Å². The summed E-state index contributed by atoms with van der Waals surface area (Å²) >= 11 is 0.824. The van der Waals surface area contributed by atoms with E-state index in [0.29, 0.717) is 25.9 Å². The van der Waals surface area contributed by atoms with Gasteiger partial charge in [0.05, 0.1) is 28.0 Å². The molecule has 1 aliphatic rings. The third kappa shape index (κ3) is 5.87. The lowest BCUT2D eigenvalue weighted by atomic mass is 9.81. The Labute approximate surface area is 194 Å². The predicted molar refractivity (Wildman–Crippen MR) is 119 cm³/mol. The maximum atomic E-state index is 13.7. The van der Waals surface area contributed by atoms with Crippen LogP contribution in [0.5, 0.6) is 5.88 Å². The van der Waals surface area contributed by atoms with E-state index < -0.39 is 23.2 Å². The normalized spacial score (nSPS) is 16.5. The van der Waals surface area contributed by atoms with Gasteiger partial charge >= 0.3 is 12.3 Å². The summed E-state index contributed by atoms with van der Waals surface area (Å²) < 4.78 is 52.0. The zero-order chi connectivity index (χ0) is 24.6. The number of alkyl halides is 3. The molecule has 11 heteroatoms. The molecular formula is C22H28F3N3O4S. The van der Waals surface area contributed by atoms with Crippen molar-refractivity contribution in [2.24, 2.45) is 5.41 Å². The average Bonchev–Trinajstić information content (AvgIpc) is 3.13. The number of pyridine rings is 1. The molecule has 0 aromatic carbocycles. The molecule has 0 bridgehead atoms. The number of rotatable bonds is 4. The molecule has 1 saturated heterocycles. The first kappa shape index (κ1) is 25.1. The number of hydrogen-bond acceptors (Lipinski definition) is 6. The Balaban J connectivity index is 1.76. The highest BCUT2D eigenvalue weighted by Crippen LogP contribution is 2.40. The Morgan fingerprint density at radius 3 is 2.42 bits per heavy atom. The Morgan fingerprint density at radius 1 is 1.24 bits per heavy atom. The fourth-order valence-corrected chi connectivity index (χ4v) is 4.54. The number of piperidine rings is 1. The van der Waals surface area contributed by atoms with Gasteiger partial charge in [0.25, 0.3) is 5.91 Å². The fourth-order valence-electron chi connectivity index (χ4n) is 3.51. The van der Waals surface area contributed by atoms with E-state index in [1.54, 1.807) is 25.7 Å². The van der Waals surface area contributed by atoms with E-state index in [-0.39, 0.29) is 39.8 Å². The van der Waals surface area contributed by atoms with Crippen molar-refractivity contribution < 1.29 is 32.2 Å². The molecule has 1 fully saturated rings. The summed E-state index contributed by atoms with van der Waals surface area (Å²) in [5.74, 6) is -0.699. The molecule has 1 N–H and O–H groups in total. The van der Waals surface area contributed by atoms with Crippen molar-refractivity contribution in [1.82, 2.24) is 15.2 Å². The van der Waals surface area contributed by atoms with Gasteiger partial charge in [0.1, 0.15) is 5.60 Å². The number of thiophene rings is 1. The molecular weight excluding hydrogens is 459 g/mol. The van der Waals surface area contributed by atoms with E-state index in [2.05, 4.69) is 10.3 Å². The van der Waals surface area contributed by atoms with Crippen molar-refractivity contribution >= 4 is 33.6 Å². The topological polar surface area (TPSA) is 80.8 Å². The third-order valence-electron chi connectivity index (χ3n) is 5.47. The first-order valence-corrected chi connectivity index (χ1v) is 11.4. The summed E-state index contributed by atoms with van der Waals surface area (Å²) in [5, 5.41) is 3.78. The van der Waals surface area contributed by atoms with Gasteiger partial charge in [0, 0.05) is 37.0 Å². The van der Waals surface area contributed by atoms with E-state index in [0.717, 1.165) is 17.4 Å². The molecule has 3 heterocycles. The Hall–Kier alpha value is -2.56. The zero-order valence-corrected chi connectivity index (χ0v) is 20.1. The van der Waals surface area contributed by atoms with Gasteiger partial charge in [-0.05, 0) is 33.6 Å². The average molecular weight is 488 g/mol. The molecule has 0 atom stereocenters. The van der Waals surface area contributed by atoms with Gasteiger partial charge in [-0.2, -0.15) is 13.2 Å². The molecule has 7 nitrogen and oxygen atoms in total. The maximum absolute atomic E-state index is 13.7. The van der Waals surface area contributed by atoms with Gasteiger partial charge in [-0.15, -0.1) is 11.3 Å². The Kier molecular flexibility index (Phi) is 6.84. The van der Waals surface area contributed by atoms with E-state index in [9.17, 15) is 22.8 Å². The number of likely N-dealkylation sites (tertiary alicyclic amines) is 1. The minimum atomic E-state index is -4.62. The van der Waals surface area contributed by atoms with Gasteiger partial charge in [0.2, 0.25) is 5.88 Å². The lowest BCUT2D eigenvalue weighted by Gasteiger charge is -2.39. The molecule has 2 aromatic heterocycles. The van der Waals surface area contributed by atoms with Crippen LogP contribution in [0.25, 0.3) is 10.2 Å². The van der Waals surface area contributed by atoms with Gasteiger partial charge in [-0.25, -0.2) is 9.78 Å². The number of carbonyl (C=O) groups is 2. The fraction of sp³-hybridized carbons (Fsp3) is 0.591. The van der Waals surface area contributed by atoms with Crippen LogP contribution in [0.15, 0.2) is 11.4 Å². The second kappa shape index (κ2) is 9.00.